The first-order chi connectivity index (χ1) is 13.7. The standard InChI is InChI=1S/C21H20N6O/c1-22-20-17-12-23-19(26-21(28)13-4-5-13)9-16(17)14(10-24-20)6-7-15-11-25-27-8-2-3-18(15)27/h9-13H,2-5,8H2,1H3,(H,22,24)(H,23,26,28). The Kier molecular flexibility index (Phi) is 3.97. The highest BCUT2D eigenvalue weighted by Crippen LogP contribution is 2.31. The van der Waals surface area contributed by atoms with Gasteiger partial charge in [-0.15, -0.1) is 0 Å². The second kappa shape index (κ2) is 6.64. The van der Waals surface area contributed by atoms with E-state index in [-0.39, 0.29) is 11.8 Å². The molecule has 0 aromatic carbocycles. The highest BCUT2D eigenvalue weighted by atomic mass is 16.2. The number of aromatic nitrogens is 4. The highest BCUT2D eigenvalue weighted by molar-refractivity contribution is 5.99. The second-order valence-electron chi connectivity index (χ2n) is 7.23. The summed E-state index contributed by atoms with van der Waals surface area (Å²) in [7, 11) is 1.83. The minimum absolute atomic E-state index is 0.0397. The van der Waals surface area contributed by atoms with Crippen LogP contribution in [0, 0.1) is 17.8 Å². The normalized spacial score (nSPS) is 15.0. The smallest absolute Gasteiger partial charge is 0.228 e. The molecule has 0 radical (unpaired) electrons. The minimum atomic E-state index is 0.0397. The molecule has 2 N–H and O–H groups in total. The SMILES string of the molecule is CNc1ncc(C#Cc2cnn3c2CCC3)c2cc(NC(=O)C3CC3)ncc12. The quantitative estimate of drug-likeness (QED) is 0.690. The fourth-order valence-corrected chi connectivity index (χ4v) is 3.58. The summed E-state index contributed by atoms with van der Waals surface area (Å²) in [4.78, 5) is 21.0. The molecule has 7 heteroatoms. The van der Waals surface area contributed by atoms with Gasteiger partial charge in [0.15, 0.2) is 0 Å². The molecular weight excluding hydrogens is 352 g/mol. The van der Waals surface area contributed by atoms with Crippen molar-refractivity contribution in [1.82, 2.24) is 19.7 Å². The minimum Gasteiger partial charge on any atom is -0.373 e. The maximum Gasteiger partial charge on any atom is 0.228 e. The van der Waals surface area contributed by atoms with Crippen molar-refractivity contribution in [3.05, 3.63) is 41.5 Å². The van der Waals surface area contributed by atoms with Gasteiger partial charge >= 0.3 is 0 Å². The Morgan fingerprint density at radius 2 is 2.00 bits per heavy atom. The molecule has 0 spiro atoms. The van der Waals surface area contributed by atoms with Crippen LogP contribution in [0.25, 0.3) is 10.8 Å². The number of pyridine rings is 2. The predicted molar refractivity (Wildman–Crippen MR) is 107 cm³/mol. The summed E-state index contributed by atoms with van der Waals surface area (Å²) in [6.45, 7) is 0.966. The molecule has 3 aromatic rings. The molecule has 3 aromatic heterocycles. The van der Waals surface area contributed by atoms with Gasteiger partial charge < -0.3 is 10.6 Å². The number of amides is 1. The Hall–Kier alpha value is -3.40. The van der Waals surface area contributed by atoms with Crippen molar-refractivity contribution in [3.63, 3.8) is 0 Å². The number of nitrogens with one attached hydrogen (secondary N) is 2. The van der Waals surface area contributed by atoms with Crippen LogP contribution in [-0.4, -0.2) is 32.7 Å². The molecule has 4 heterocycles. The van der Waals surface area contributed by atoms with E-state index in [1.54, 1.807) is 12.4 Å². The lowest BCUT2D eigenvalue weighted by Crippen LogP contribution is -2.14. The van der Waals surface area contributed by atoms with Crippen LogP contribution in [0.15, 0.2) is 24.7 Å². The average Bonchev–Trinajstić information content (AvgIpc) is 3.34. The molecule has 28 heavy (non-hydrogen) atoms. The highest BCUT2D eigenvalue weighted by Gasteiger charge is 2.29. The average molecular weight is 372 g/mol. The maximum absolute atomic E-state index is 12.1. The number of hydrogen-bond acceptors (Lipinski definition) is 5. The number of fused-ring (bicyclic) bond motifs is 2. The molecule has 0 atom stereocenters. The van der Waals surface area contributed by atoms with E-state index >= 15 is 0 Å². The molecule has 0 saturated heterocycles. The van der Waals surface area contributed by atoms with E-state index in [4.69, 9.17) is 0 Å². The molecular formula is C21H20N6O. The topological polar surface area (TPSA) is 84.7 Å². The maximum atomic E-state index is 12.1. The second-order valence-corrected chi connectivity index (χ2v) is 7.23. The van der Waals surface area contributed by atoms with Gasteiger partial charge in [-0.05, 0) is 31.7 Å². The van der Waals surface area contributed by atoms with Crippen molar-refractivity contribution in [3.8, 4) is 11.8 Å². The summed E-state index contributed by atoms with van der Waals surface area (Å²) >= 11 is 0. The molecule has 1 saturated carbocycles. The Bertz CT molecular complexity index is 1150. The van der Waals surface area contributed by atoms with Crippen molar-refractivity contribution < 1.29 is 4.79 Å². The molecule has 5 rings (SSSR count). The zero-order chi connectivity index (χ0) is 19.1. The molecule has 7 nitrogen and oxygen atoms in total. The van der Waals surface area contributed by atoms with Gasteiger partial charge in [0, 0.05) is 42.7 Å². The van der Waals surface area contributed by atoms with Crippen LogP contribution < -0.4 is 10.6 Å². The lowest BCUT2D eigenvalue weighted by Gasteiger charge is -2.09. The molecule has 1 fully saturated rings. The van der Waals surface area contributed by atoms with Crippen LogP contribution in [0.4, 0.5) is 11.6 Å². The summed E-state index contributed by atoms with van der Waals surface area (Å²) < 4.78 is 2.03. The number of rotatable bonds is 3. The zero-order valence-corrected chi connectivity index (χ0v) is 15.6. The van der Waals surface area contributed by atoms with Crippen LogP contribution >= 0.6 is 0 Å². The monoisotopic (exact) mass is 372 g/mol. The van der Waals surface area contributed by atoms with Crippen molar-refractivity contribution in [1.29, 1.82) is 0 Å². The molecule has 1 amide bonds. The Morgan fingerprint density at radius 1 is 1.14 bits per heavy atom. The van der Waals surface area contributed by atoms with E-state index in [0.717, 1.165) is 59.9 Å². The summed E-state index contributed by atoms with van der Waals surface area (Å²) in [5.74, 6) is 7.97. The largest absolute Gasteiger partial charge is 0.373 e. The first-order valence-electron chi connectivity index (χ1n) is 9.57. The van der Waals surface area contributed by atoms with E-state index in [1.807, 2.05) is 24.0 Å². The lowest BCUT2D eigenvalue weighted by atomic mass is 10.1. The number of nitrogens with zero attached hydrogens (tertiary/aromatic N) is 4. The number of carbonyl (C=O) groups excluding carboxylic acids is 1. The Labute approximate surface area is 162 Å². The Morgan fingerprint density at radius 3 is 2.82 bits per heavy atom. The van der Waals surface area contributed by atoms with Gasteiger partial charge in [0.1, 0.15) is 11.6 Å². The first kappa shape index (κ1) is 16.8. The van der Waals surface area contributed by atoms with E-state index in [2.05, 4.69) is 37.5 Å². The van der Waals surface area contributed by atoms with E-state index in [1.165, 1.54) is 5.69 Å². The van der Waals surface area contributed by atoms with Crippen molar-refractivity contribution in [2.75, 3.05) is 17.7 Å². The van der Waals surface area contributed by atoms with Crippen LogP contribution in [0.5, 0.6) is 0 Å². The van der Waals surface area contributed by atoms with Gasteiger partial charge in [0.05, 0.1) is 23.0 Å². The van der Waals surface area contributed by atoms with Gasteiger partial charge in [-0.3, -0.25) is 9.48 Å². The fraction of sp³-hybridized carbons (Fsp3) is 0.333. The summed E-state index contributed by atoms with van der Waals surface area (Å²) in [6, 6.07) is 1.88. The first-order valence-corrected chi connectivity index (χ1v) is 9.57. The van der Waals surface area contributed by atoms with Crippen LogP contribution in [0.2, 0.25) is 0 Å². The van der Waals surface area contributed by atoms with Crippen LogP contribution in [0.3, 0.4) is 0 Å². The molecule has 0 unspecified atom stereocenters. The third kappa shape index (κ3) is 2.97. The predicted octanol–water partition coefficient (Wildman–Crippen LogP) is 2.56. The molecule has 0 bridgehead atoms. The Balaban J connectivity index is 1.55. The van der Waals surface area contributed by atoms with Crippen molar-refractivity contribution in [2.45, 2.75) is 32.2 Å². The van der Waals surface area contributed by atoms with Gasteiger partial charge in [0.25, 0.3) is 0 Å². The number of hydrogen-bond donors (Lipinski definition) is 2. The fourth-order valence-electron chi connectivity index (χ4n) is 3.58. The number of anilines is 2. The molecule has 1 aliphatic carbocycles. The van der Waals surface area contributed by atoms with Gasteiger partial charge in [0.2, 0.25) is 5.91 Å². The summed E-state index contributed by atoms with van der Waals surface area (Å²) in [6.07, 6.45) is 9.39. The lowest BCUT2D eigenvalue weighted by molar-refractivity contribution is -0.117. The van der Waals surface area contributed by atoms with E-state index < -0.39 is 0 Å². The van der Waals surface area contributed by atoms with Crippen LogP contribution in [-0.2, 0) is 17.8 Å². The van der Waals surface area contributed by atoms with Gasteiger partial charge in [-0.1, -0.05) is 11.8 Å². The third-order valence-electron chi connectivity index (χ3n) is 5.27. The zero-order valence-electron chi connectivity index (χ0n) is 15.6. The van der Waals surface area contributed by atoms with Crippen LogP contribution in [0.1, 0.15) is 36.1 Å². The van der Waals surface area contributed by atoms with Gasteiger partial charge in [-0.25, -0.2) is 9.97 Å². The van der Waals surface area contributed by atoms with Crippen molar-refractivity contribution >= 4 is 28.3 Å². The third-order valence-corrected chi connectivity index (χ3v) is 5.27. The van der Waals surface area contributed by atoms with Gasteiger partial charge in [-0.2, -0.15) is 5.10 Å². The molecule has 140 valence electrons. The summed E-state index contributed by atoms with van der Waals surface area (Å²) in [5, 5.41) is 12.2. The molecule has 2 aliphatic rings. The number of carbonyl (C=O) groups is 1. The van der Waals surface area contributed by atoms with E-state index in [0.29, 0.717) is 5.82 Å². The summed E-state index contributed by atoms with van der Waals surface area (Å²) in [5.41, 5.74) is 2.98. The molecule has 1 aliphatic heterocycles. The number of aryl methyl sites for hydroxylation is 1. The van der Waals surface area contributed by atoms with Crippen molar-refractivity contribution in [2.24, 2.45) is 5.92 Å². The van der Waals surface area contributed by atoms with E-state index in [9.17, 15) is 4.79 Å².